The molecule has 2 fully saturated rings. The normalized spacial score (nSPS) is 30.9. The van der Waals surface area contributed by atoms with Gasteiger partial charge in [0.2, 0.25) is 10.0 Å². The van der Waals surface area contributed by atoms with Crippen LogP contribution in [-0.4, -0.2) is 71.0 Å². The van der Waals surface area contributed by atoms with E-state index in [1.807, 2.05) is 13.8 Å². The molecule has 0 bridgehead atoms. The highest BCUT2D eigenvalue weighted by Crippen LogP contribution is 2.42. The van der Waals surface area contributed by atoms with Crippen molar-refractivity contribution >= 4 is 10.0 Å². The molecule has 2 rings (SSSR count). The summed E-state index contributed by atoms with van der Waals surface area (Å²) in [7, 11) is -1.53. The minimum absolute atomic E-state index is 0.0135. The number of sulfonamides is 1. The minimum atomic E-state index is -3.21. The molecule has 1 aliphatic carbocycles. The number of nitrogens with one attached hydrogen (secondary N) is 2. The Kier molecular flexibility index (Phi) is 5.07. The third-order valence-corrected chi connectivity index (χ3v) is 6.03. The van der Waals surface area contributed by atoms with Gasteiger partial charge in [0.1, 0.15) is 0 Å². The van der Waals surface area contributed by atoms with E-state index in [0.717, 1.165) is 32.6 Å². The fourth-order valence-corrected chi connectivity index (χ4v) is 4.39. The monoisotopic (exact) mass is 305 g/mol. The van der Waals surface area contributed by atoms with Crippen molar-refractivity contribution in [2.75, 3.05) is 45.6 Å². The molecule has 118 valence electrons. The first-order chi connectivity index (χ1) is 9.35. The van der Waals surface area contributed by atoms with Gasteiger partial charge in [-0.1, -0.05) is 13.8 Å². The summed E-state index contributed by atoms with van der Waals surface area (Å²) in [6, 6.07) is -0.0135. The Labute approximate surface area is 122 Å². The van der Waals surface area contributed by atoms with E-state index in [-0.39, 0.29) is 23.3 Å². The highest BCUT2D eigenvalue weighted by Gasteiger charge is 2.49. The summed E-state index contributed by atoms with van der Waals surface area (Å²) >= 11 is 0. The molecular weight excluding hydrogens is 278 g/mol. The van der Waals surface area contributed by atoms with E-state index >= 15 is 0 Å². The summed E-state index contributed by atoms with van der Waals surface area (Å²) < 4.78 is 32.5. The van der Waals surface area contributed by atoms with Crippen LogP contribution in [0.1, 0.15) is 20.3 Å². The van der Waals surface area contributed by atoms with Gasteiger partial charge in [0.25, 0.3) is 0 Å². The van der Waals surface area contributed by atoms with E-state index in [1.165, 1.54) is 0 Å². The highest BCUT2D eigenvalue weighted by molar-refractivity contribution is 7.89. The second kappa shape index (κ2) is 6.27. The molecule has 0 spiro atoms. The second-order valence-electron chi connectivity index (χ2n) is 6.36. The molecule has 1 saturated carbocycles. The zero-order valence-electron chi connectivity index (χ0n) is 12.7. The number of rotatable bonds is 6. The van der Waals surface area contributed by atoms with Crippen LogP contribution in [0.4, 0.5) is 0 Å². The van der Waals surface area contributed by atoms with Crippen LogP contribution in [-0.2, 0) is 14.8 Å². The fourth-order valence-electron chi connectivity index (χ4n) is 2.95. The van der Waals surface area contributed by atoms with Crippen molar-refractivity contribution in [1.29, 1.82) is 0 Å². The molecule has 0 aromatic carbocycles. The van der Waals surface area contributed by atoms with Gasteiger partial charge in [0.05, 0.1) is 11.9 Å². The van der Waals surface area contributed by atoms with Gasteiger partial charge in [0, 0.05) is 51.3 Å². The molecule has 6 nitrogen and oxygen atoms in total. The Hall–Kier alpha value is -0.210. The molecule has 0 amide bonds. The van der Waals surface area contributed by atoms with E-state index < -0.39 is 10.0 Å². The largest absolute Gasteiger partial charge is 0.381 e. The smallest absolute Gasteiger partial charge is 0.213 e. The van der Waals surface area contributed by atoms with Crippen molar-refractivity contribution < 1.29 is 13.2 Å². The van der Waals surface area contributed by atoms with Crippen LogP contribution in [0.3, 0.4) is 0 Å². The maximum absolute atomic E-state index is 12.2. The molecule has 1 saturated heterocycles. The molecule has 2 N–H and O–H groups in total. The van der Waals surface area contributed by atoms with Crippen molar-refractivity contribution in [3.63, 3.8) is 0 Å². The quantitative estimate of drug-likeness (QED) is 0.700. The number of hydrogen-bond donors (Lipinski definition) is 2. The fraction of sp³-hybridized carbons (Fsp3) is 1.00. The van der Waals surface area contributed by atoms with Gasteiger partial charge in [-0.05, 0) is 6.42 Å². The lowest BCUT2D eigenvalue weighted by atomic mass is 9.65. The first-order valence-electron chi connectivity index (χ1n) is 7.31. The molecule has 7 heteroatoms. The van der Waals surface area contributed by atoms with Gasteiger partial charge in [-0.25, -0.2) is 13.1 Å². The Bertz CT molecular complexity index is 419. The van der Waals surface area contributed by atoms with E-state index in [9.17, 15) is 8.42 Å². The standard InChI is InChI=1S/C13H27N3O3S/c1-13(2)11(10-12(13)19-3)15-20(17,18)9-8-16-6-4-14-5-7-16/h11-12,14-15H,4-10H2,1-3H3. The lowest BCUT2D eigenvalue weighted by Gasteiger charge is -2.51. The number of ether oxygens (including phenoxy) is 1. The molecule has 1 heterocycles. The van der Waals surface area contributed by atoms with Crippen molar-refractivity contribution in [3.8, 4) is 0 Å². The van der Waals surface area contributed by atoms with Gasteiger partial charge >= 0.3 is 0 Å². The maximum atomic E-state index is 12.2. The topological polar surface area (TPSA) is 70.7 Å². The molecule has 0 radical (unpaired) electrons. The zero-order valence-corrected chi connectivity index (χ0v) is 13.5. The summed E-state index contributed by atoms with van der Waals surface area (Å²) in [5.74, 6) is 0.178. The van der Waals surface area contributed by atoms with Gasteiger partial charge in [-0.3, -0.25) is 4.90 Å². The third-order valence-electron chi connectivity index (χ3n) is 4.67. The van der Waals surface area contributed by atoms with Crippen molar-refractivity contribution in [2.24, 2.45) is 5.41 Å². The Morgan fingerprint density at radius 3 is 2.55 bits per heavy atom. The van der Waals surface area contributed by atoms with Crippen molar-refractivity contribution in [2.45, 2.75) is 32.4 Å². The predicted octanol–water partition coefficient (Wildman–Crippen LogP) is -0.375. The number of piperazine rings is 1. The Morgan fingerprint density at radius 2 is 2.00 bits per heavy atom. The lowest BCUT2D eigenvalue weighted by Crippen LogP contribution is -2.62. The van der Waals surface area contributed by atoms with Gasteiger partial charge in [-0.15, -0.1) is 0 Å². The van der Waals surface area contributed by atoms with E-state index in [4.69, 9.17) is 4.74 Å². The molecule has 1 aliphatic heterocycles. The van der Waals surface area contributed by atoms with E-state index in [0.29, 0.717) is 6.54 Å². The minimum Gasteiger partial charge on any atom is -0.381 e. The Balaban J connectivity index is 1.79. The molecular formula is C13H27N3O3S. The molecule has 2 unspecified atom stereocenters. The second-order valence-corrected chi connectivity index (χ2v) is 8.24. The van der Waals surface area contributed by atoms with E-state index in [1.54, 1.807) is 7.11 Å². The van der Waals surface area contributed by atoms with Crippen LogP contribution >= 0.6 is 0 Å². The molecule has 0 aromatic rings. The predicted molar refractivity (Wildman–Crippen MR) is 79.2 cm³/mol. The van der Waals surface area contributed by atoms with Crippen LogP contribution in [0.25, 0.3) is 0 Å². The van der Waals surface area contributed by atoms with Crippen LogP contribution in [0, 0.1) is 5.41 Å². The van der Waals surface area contributed by atoms with Crippen molar-refractivity contribution in [1.82, 2.24) is 14.9 Å². The van der Waals surface area contributed by atoms with Gasteiger partial charge in [-0.2, -0.15) is 0 Å². The number of nitrogens with zero attached hydrogens (tertiary/aromatic N) is 1. The highest BCUT2D eigenvalue weighted by atomic mass is 32.2. The molecule has 20 heavy (non-hydrogen) atoms. The maximum Gasteiger partial charge on any atom is 0.213 e. The van der Waals surface area contributed by atoms with Gasteiger partial charge in [0.15, 0.2) is 0 Å². The molecule has 2 atom stereocenters. The molecule has 0 aromatic heterocycles. The molecule has 2 aliphatic rings. The zero-order chi connectivity index (χ0) is 14.8. The third kappa shape index (κ3) is 3.71. The Morgan fingerprint density at radius 1 is 1.35 bits per heavy atom. The summed E-state index contributed by atoms with van der Waals surface area (Å²) in [5, 5.41) is 3.26. The lowest BCUT2D eigenvalue weighted by molar-refractivity contribution is -0.0908. The van der Waals surface area contributed by atoms with Crippen LogP contribution in [0.5, 0.6) is 0 Å². The van der Waals surface area contributed by atoms with Crippen LogP contribution < -0.4 is 10.0 Å². The summed E-state index contributed by atoms with van der Waals surface area (Å²) in [6.07, 6.45) is 0.902. The van der Waals surface area contributed by atoms with Crippen molar-refractivity contribution in [3.05, 3.63) is 0 Å². The first-order valence-corrected chi connectivity index (χ1v) is 8.96. The average molecular weight is 305 g/mol. The van der Waals surface area contributed by atoms with Crippen LogP contribution in [0.15, 0.2) is 0 Å². The number of methoxy groups -OCH3 is 1. The first kappa shape index (κ1) is 16.2. The van der Waals surface area contributed by atoms with E-state index in [2.05, 4.69) is 14.9 Å². The average Bonchev–Trinajstić information content (AvgIpc) is 2.42. The SMILES string of the molecule is COC1CC(NS(=O)(=O)CCN2CCNCC2)C1(C)C. The number of hydrogen-bond acceptors (Lipinski definition) is 5. The van der Waals surface area contributed by atoms with Gasteiger partial charge < -0.3 is 10.1 Å². The summed E-state index contributed by atoms with van der Waals surface area (Å²) in [5.41, 5.74) is -0.128. The summed E-state index contributed by atoms with van der Waals surface area (Å²) in [6.45, 7) is 8.45. The van der Waals surface area contributed by atoms with Crippen LogP contribution in [0.2, 0.25) is 0 Å². The summed E-state index contributed by atoms with van der Waals surface area (Å²) in [4.78, 5) is 2.19.